The van der Waals surface area contributed by atoms with Gasteiger partial charge in [0.1, 0.15) is 0 Å². The summed E-state index contributed by atoms with van der Waals surface area (Å²) in [6, 6.07) is 6.93. The maximum absolute atomic E-state index is 12.3. The third-order valence-electron chi connectivity index (χ3n) is 3.53. The zero-order chi connectivity index (χ0) is 14.6. The van der Waals surface area contributed by atoms with Crippen molar-refractivity contribution in [2.24, 2.45) is 5.41 Å². The van der Waals surface area contributed by atoms with Crippen LogP contribution in [0, 0.1) is 5.41 Å². The third-order valence-corrected chi connectivity index (χ3v) is 3.53. The normalized spacial score (nSPS) is 22.2. The monoisotopic (exact) mass is 277 g/mol. The molecule has 108 valence electrons. The summed E-state index contributed by atoms with van der Waals surface area (Å²) in [6.07, 6.45) is 1.63. The molecule has 0 aliphatic carbocycles. The molecule has 1 aliphatic rings. The van der Waals surface area contributed by atoms with Crippen molar-refractivity contribution in [1.29, 1.82) is 0 Å². The highest BCUT2D eigenvalue weighted by Gasteiger charge is 2.35. The molecule has 5 heteroatoms. The molecule has 5 nitrogen and oxygen atoms in total. The van der Waals surface area contributed by atoms with E-state index >= 15 is 0 Å². The van der Waals surface area contributed by atoms with Crippen LogP contribution in [0.5, 0.6) is 0 Å². The Kier molecular flexibility index (Phi) is 4.39. The average Bonchev–Trinajstić information content (AvgIpc) is 2.39. The highest BCUT2D eigenvalue weighted by molar-refractivity contribution is 5.95. The molecular formula is C15H19NO4. The number of amides is 1. The molecule has 1 atom stereocenters. The number of carboxylic acids is 1. The van der Waals surface area contributed by atoms with Gasteiger partial charge in [0.15, 0.2) is 0 Å². The van der Waals surface area contributed by atoms with Crippen LogP contribution in [-0.4, -0.2) is 30.2 Å². The highest BCUT2D eigenvalue weighted by atomic mass is 16.5. The van der Waals surface area contributed by atoms with Crippen LogP contribution in [0.4, 0.5) is 5.69 Å². The number of carbonyl (C=O) groups is 2. The number of carbonyl (C=O) groups excluding carboxylic acids is 1. The van der Waals surface area contributed by atoms with E-state index in [9.17, 15) is 9.59 Å². The van der Waals surface area contributed by atoms with Gasteiger partial charge in [-0.05, 0) is 37.5 Å². The summed E-state index contributed by atoms with van der Waals surface area (Å²) in [4.78, 5) is 23.0. The number of ether oxygens (including phenoxy) is 1. The summed E-state index contributed by atoms with van der Waals surface area (Å²) in [5.41, 5.74) is 0.780. The van der Waals surface area contributed by atoms with E-state index in [1.165, 1.54) is 0 Å². The second-order valence-electron chi connectivity index (χ2n) is 5.44. The van der Waals surface area contributed by atoms with Crippen LogP contribution in [0.3, 0.4) is 0 Å². The molecule has 20 heavy (non-hydrogen) atoms. The molecule has 1 saturated heterocycles. The molecule has 2 N–H and O–H groups in total. The maximum Gasteiger partial charge on any atom is 0.307 e. The first-order valence-corrected chi connectivity index (χ1v) is 6.69. The summed E-state index contributed by atoms with van der Waals surface area (Å²) in [5, 5.41) is 11.6. The minimum atomic E-state index is -0.888. The van der Waals surface area contributed by atoms with Crippen LogP contribution in [-0.2, 0) is 20.7 Å². The minimum absolute atomic E-state index is 0.0515. The molecule has 1 heterocycles. The summed E-state index contributed by atoms with van der Waals surface area (Å²) in [5.74, 6) is -0.967. The fourth-order valence-corrected chi connectivity index (χ4v) is 2.33. The van der Waals surface area contributed by atoms with E-state index in [-0.39, 0.29) is 12.3 Å². The van der Waals surface area contributed by atoms with Crippen LogP contribution in [0.2, 0.25) is 0 Å². The van der Waals surface area contributed by atoms with E-state index < -0.39 is 11.4 Å². The van der Waals surface area contributed by atoms with Crippen molar-refractivity contribution in [3.63, 3.8) is 0 Å². The van der Waals surface area contributed by atoms with Crippen molar-refractivity contribution >= 4 is 17.6 Å². The van der Waals surface area contributed by atoms with Gasteiger partial charge >= 0.3 is 5.97 Å². The fourth-order valence-electron chi connectivity index (χ4n) is 2.33. The topological polar surface area (TPSA) is 75.6 Å². The van der Waals surface area contributed by atoms with Gasteiger partial charge in [0.25, 0.3) is 0 Å². The van der Waals surface area contributed by atoms with E-state index in [0.717, 1.165) is 12.8 Å². The number of hydrogen-bond donors (Lipinski definition) is 2. The molecule has 1 amide bonds. The molecular weight excluding hydrogens is 258 g/mol. The number of hydrogen-bond acceptors (Lipinski definition) is 3. The molecule has 1 aromatic carbocycles. The molecule has 0 radical (unpaired) electrons. The molecule has 0 bridgehead atoms. The zero-order valence-corrected chi connectivity index (χ0v) is 11.5. The molecule has 1 unspecified atom stereocenters. The lowest BCUT2D eigenvalue weighted by Crippen LogP contribution is -2.40. The molecule has 1 aromatic rings. The number of rotatable bonds is 4. The number of nitrogens with one attached hydrogen (secondary N) is 1. The molecule has 1 fully saturated rings. The van der Waals surface area contributed by atoms with Gasteiger partial charge in [0, 0.05) is 12.3 Å². The van der Waals surface area contributed by atoms with Gasteiger partial charge in [0.05, 0.1) is 18.4 Å². The maximum atomic E-state index is 12.3. The van der Waals surface area contributed by atoms with Crippen molar-refractivity contribution in [3.8, 4) is 0 Å². The predicted molar refractivity (Wildman–Crippen MR) is 74.6 cm³/mol. The second kappa shape index (κ2) is 6.05. The Bertz CT molecular complexity index is 506. The van der Waals surface area contributed by atoms with Gasteiger partial charge in [0.2, 0.25) is 5.91 Å². The Morgan fingerprint density at radius 2 is 2.25 bits per heavy atom. The minimum Gasteiger partial charge on any atom is -0.481 e. The lowest BCUT2D eigenvalue weighted by molar-refractivity contribution is -0.136. The molecule has 1 aliphatic heterocycles. The van der Waals surface area contributed by atoms with Crippen molar-refractivity contribution in [3.05, 3.63) is 29.8 Å². The zero-order valence-electron chi connectivity index (χ0n) is 11.5. The lowest BCUT2D eigenvalue weighted by Gasteiger charge is -2.31. The Labute approximate surface area is 117 Å². The Balaban J connectivity index is 2.05. The van der Waals surface area contributed by atoms with Gasteiger partial charge < -0.3 is 15.2 Å². The Morgan fingerprint density at radius 1 is 1.45 bits per heavy atom. The second-order valence-corrected chi connectivity index (χ2v) is 5.44. The van der Waals surface area contributed by atoms with E-state index in [0.29, 0.717) is 24.5 Å². The third kappa shape index (κ3) is 3.57. The summed E-state index contributed by atoms with van der Waals surface area (Å²) < 4.78 is 5.38. The lowest BCUT2D eigenvalue weighted by atomic mass is 9.84. The molecule has 2 rings (SSSR count). The molecule has 0 spiro atoms. The molecule has 0 aromatic heterocycles. The fraction of sp³-hybridized carbons (Fsp3) is 0.467. The number of anilines is 1. The van der Waals surface area contributed by atoms with Gasteiger partial charge in [-0.3, -0.25) is 9.59 Å². The Morgan fingerprint density at radius 3 is 2.90 bits per heavy atom. The highest BCUT2D eigenvalue weighted by Crippen LogP contribution is 2.29. The molecule has 0 saturated carbocycles. The smallest absolute Gasteiger partial charge is 0.307 e. The van der Waals surface area contributed by atoms with Crippen LogP contribution in [0.1, 0.15) is 25.3 Å². The first-order chi connectivity index (χ1) is 9.49. The van der Waals surface area contributed by atoms with Crippen LogP contribution in [0.25, 0.3) is 0 Å². The number of benzene rings is 1. The standard InChI is InChI=1S/C15H19NO4/c1-15(6-3-7-20-10-15)14(19)16-12-5-2-4-11(8-12)9-13(17)18/h2,4-5,8H,3,6-7,9-10H2,1H3,(H,16,19)(H,17,18). The van der Waals surface area contributed by atoms with E-state index in [1.807, 2.05) is 6.92 Å². The summed E-state index contributed by atoms with van der Waals surface area (Å²) in [6.45, 7) is 3.02. The number of aliphatic carboxylic acids is 1. The largest absolute Gasteiger partial charge is 0.481 e. The van der Waals surface area contributed by atoms with E-state index in [1.54, 1.807) is 24.3 Å². The van der Waals surface area contributed by atoms with E-state index in [4.69, 9.17) is 9.84 Å². The van der Waals surface area contributed by atoms with E-state index in [2.05, 4.69) is 5.32 Å². The van der Waals surface area contributed by atoms with Crippen molar-refractivity contribution in [1.82, 2.24) is 0 Å². The summed E-state index contributed by atoms with van der Waals surface area (Å²) in [7, 11) is 0. The van der Waals surface area contributed by atoms with Crippen LogP contribution < -0.4 is 5.32 Å². The first kappa shape index (κ1) is 14.5. The predicted octanol–water partition coefficient (Wildman–Crippen LogP) is 2.07. The van der Waals surface area contributed by atoms with Gasteiger partial charge in [-0.25, -0.2) is 0 Å². The van der Waals surface area contributed by atoms with Crippen molar-refractivity contribution < 1.29 is 19.4 Å². The number of carboxylic acid groups (broad SMARTS) is 1. The van der Waals surface area contributed by atoms with Gasteiger partial charge in [-0.2, -0.15) is 0 Å². The van der Waals surface area contributed by atoms with Gasteiger partial charge in [-0.1, -0.05) is 12.1 Å². The average molecular weight is 277 g/mol. The quantitative estimate of drug-likeness (QED) is 0.883. The SMILES string of the molecule is CC1(C(=O)Nc2cccc(CC(=O)O)c2)CCCOC1. The van der Waals surface area contributed by atoms with Gasteiger partial charge in [-0.15, -0.1) is 0 Å². The van der Waals surface area contributed by atoms with Crippen molar-refractivity contribution in [2.45, 2.75) is 26.2 Å². The van der Waals surface area contributed by atoms with Crippen LogP contribution in [0.15, 0.2) is 24.3 Å². The first-order valence-electron chi connectivity index (χ1n) is 6.69. The summed E-state index contributed by atoms with van der Waals surface area (Å²) >= 11 is 0. The Hall–Kier alpha value is -1.88. The van der Waals surface area contributed by atoms with Crippen LogP contribution >= 0.6 is 0 Å². The van der Waals surface area contributed by atoms with Crippen molar-refractivity contribution in [2.75, 3.05) is 18.5 Å².